The molecule has 1 aromatic carbocycles. The average molecular weight is 366 g/mol. The Morgan fingerprint density at radius 3 is 2.48 bits per heavy atom. The maximum absolute atomic E-state index is 12.3. The van der Waals surface area contributed by atoms with Crippen molar-refractivity contribution in [2.75, 3.05) is 13.6 Å². The normalized spacial score (nSPS) is 11.3. The first-order valence-corrected chi connectivity index (χ1v) is 8.67. The molecule has 21 heavy (non-hydrogen) atoms. The number of ketones is 1. The fourth-order valence-corrected chi connectivity index (χ4v) is 3.39. The van der Waals surface area contributed by atoms with Crippen LogP contribution >= 0.6 is 27.3 Å². The molecule has 112 valence electrons. The van der Waals surface area contributed by atoms with Crippen molar-refractivity contribution in [2.45, 2.75) is 26.3 Å². The van der Waals surface area contributed by atoms with Crippen LogP contribution in [0.15, 0.2) is 39.5 Å². The van der Waals surface area contributed by atoms with Crippen LogP contribution < -0.4 is 0 Å². The van der Waals surface area contributed by atoms with Gasteiger partial charge < -0.3 is 0 Å². The summed E-state index contributed by atoms with van der Waals surface area (Å²) in [4.78, 5) is 14.3. The van der Waals surface area contributed by atoms with Crippen LogP contribution in [0.3, 0.4) is 0 Å². The van der Waals surface area contributed by atoms with Crippen molar-refractivity contribution in [1.29, 1.82) is 0 Å². The van der Waals surface area contributed by atoms with Gasteiger partial charge >= 0.3 is 0 Å². The molecule has 0 N–H and O–H groups in total. The van der Waals surface area contributed by atoms with E-state index in [0.29, 0.717) is 12.5 Å². The number of hydrogen-bond donors (Lipinski definition) is 0. The molecule has 0 saturated heterocycles. The summed E-state index contributed by atoms with van der Waals surface area (Å²) in [5, 5.41) is 2.11. The summed E-state index contributed by atoms with van der Waals surface area (Å²) < 4.78 is 1.13. The summed E-state index contributed by atoms with van der Waals surface area (Å²) >= 11 is 5.13. The first kappa shape index (κ1) is 16.4. The third-order valence-electron chi connectivity index (χ3n) is 3.39. The van der Waals surface area contributed by atoms with E-state index in [1.165, 1.54) is 11.1 Å². The van der Waals surface area contributed by atoms with Crippen molar-refractivity contribution in [3.8, 4) is 0 Å². The Morgan fingerprint density at radius 2 is 1.95 bits per heavy atom. The highest BCUT2D eigenvalue weighted by molar-refractivity contribution is 9.11. The van der Waals surface area contributed by atoms with E-state index < -0.39 is 0 Å². The lowest BCUT2D eigenvalue weighted by molar-refractivity contribution is 0.0943. The van der Waals surface area contributed by atoms with Gasteiger partial charge in [0, 0.05) is 12.1 Å². The molecule has 4 heteroatoms. The molecule has 0 aliphatic heterocycles. The number of carbonyl (C=O) groups excluding carboxylic acids is 1. The van der Waals surface area contributed by atoms with E-state index in [1.54, 1.807) is 11.3 Å². The molecule has 1 heterocycles. The molecule has 0 bridgehead atoms. The van der Waals surface area contributed by atoms with Gasteiger partial charge in [-0.25, -0.2) is 0 Å². The quantitative estimate of drug-likeness (QED) is 0.675. The lowest BCUT2D eigenvalue weighted by Gasteiger charge is -2.15. The number of hydrogen-bond acceptors (Lipinski definition) is 3. The molecular weight excluding hydrogens is 346 g/mol. The van der Waals surface area contributed by atoms with Crippen LogP contribution in [-0.2, 0) is 6.54 Å². The lowest BCUT2D eigenvalue weighted by atomic mass is 10.0. The summed E-state index contributed by atoms with van der Waals surface area (Å²) in [7, 11) is 1.98. The largest absolute Gasteiger partial charge is 0.295 e. The van der Waals surface area contributed by atoms with E-state index in [-0.39, 0.29) is 5.78 Å². The Morgan fingerprint density at radius 1 is 1.29 bits per heavy atom. The zero-order chi connectivity index (χ0) is 15.4. The molecule has 0 amide bonds. The van der Waals surface area contributed by atoms with E-state index in [0.717, 1.165) is 15.9 Å². The van der Waals surface area contributed by atoms with Crippen LogP contribution in [0.4, 0.5) is 0 Å². The number of nitrogens with zero attached hydrogens (tertiary/aromatic N) is 1. The summed E-state index contributed by atoms with van der Waals surface area (Å²) in [6.07, 6.45) is 0. The van der Waals surface area contributed by atoms with Gasteiger partial charge in [-0.15, -0.1) is 11.3 Å². The topological polar surface area (TPSA) is 20.3 Å². The van der Waals surface area contributed by atoms with E-state index in [1.807, 2.05) is 36.2 Å². The first-order valence-electron chi connectivity index (χ1n) is 7.00. The van der Waals surface area contributed by atoms with Crippen molar-refractivity contribution >= 4 is 33.0 Å². The Bertz CT molecular complexity index is 604. The molecule has 0 aliphatic rings. The molecule has 0 spiro atoms. The first-order chi connectivity index (χ1) is 9.95. The van der Waals surface area contributed by atoms with Crippen molar-refractivity contribution in [3.05, 3.63) is 56.2 Å². The van der Waals surface area contributed by atoms with Crippen LogP contribution in [0, 0.1) is 0 Å². The van der Waals surface area contributed by atoms with Gasteiger partial charge in [0.15, 0.2) is 5.78 Å². The number of Topliss-reactive ketones (excluding diaryl/α,β-unsaturated/α-hetero) is 1. The molecule has 0 aliphatic carbocycles. The second-order valence-electron chi connectivity index (χ2n) is 5.63. The van der Waals surface area contributed by atoms with Crippen LogP contribution in [0.2, 0.25) is 0 Å². The number of carbonyl (C=O) groups is 1. The van der Waals surface area contributed by atoms with Crippen molar-refractivity contribution < 1.29 is 4.79 Å². The Labute approximate surface area is 138 Å². The van der Waals surface area contributed by atoms with E-state index in [4.69, 9.17) is 0 Å². The van der Waals surface area contributed by atoms with Gasteiger partial charge in [0.25, 0.3) is 0 Å². The van der Waals surface area contributed by atoms with Crippen molar-refractivity contribution in [1.82, 2.24) is 4.90 Å². The lowest BCUT2D eigenvalue weighted by Crippen LogP contribution is -2.25. The van der Waals surface area contributed by atoms with E-state index in [9.17, 15) is 4.79 Å². The predicted molar refractivity (Wildman–Crippen MR) is 93.2 cm³/mol. The smallest absolute Gasteiger partial charge is 0.176 e. The third kappa shape index (κ3) is 4.77. The molecule has 2 rings (SSSR count). The molecule has 2 aromatic rings. The minimum Gasteiger partial charge on any atom is -0.295 e. The average Bonchev–Trinajstić information content (AvgIpc) is 2.83. The molecule has 1 aromatic heterocycles. The van der Waals surface area contributed by atoms with Gasteiger partial charge in [-0.2, -0.15) is 0 Å². The highest BCUT2D eigenvalue weighted by atomic mass is 79.9. The monoisotopic (exact) mass is 365 g/mol. The second kappa shape index (κ2) is 7.34. The van der Waals surface area contributed by atoms with Gasteiger partial charge in [0.1, 0.15) is 0 Å². The highest BCUT2D eigenvalue weighted by Gasteiger charge is 2.11. The number of likely N-dealkylation sites (N-methyl/N-ethyl adjacent to an activating group) is 1. The fourth-order valence-electron chi connectivity index (χ4n) is 2.19. The van der Waals surface area contributed by atoms with Crippen LogP contribution in [0.1, 0.15) is 41.3 Å². The highest BCUT2D eigenvalue weighted by Crippen LogP contribution is 2.21. The molecule has 0 radical (unpaired) electrons. The van der Waals surface area contributed by atoms with Gasteiger partial charge in [-0.05, 0) is 51.5 Å². The van der Waals surface area contributed by atoms with E-state index in [2.05, 4.69) is 41.2 Å². The zero-order valence-corrected chi connectivity index (χ0v) is 15.0. The van der Waals surface area contributed by atoms with Gasteiger partial charge in [-0.3, -0.25) is 9.69 Å². The standard InChI is InChI=1S/C17H20BrNOS/c1-12(2)14-4-6-15(7-5-14)16(20)10-19(3)9-13-8-17(18)21-11-13/h4-8,11-12H,9-10H2,1-3H3. The Kier molecular flexibility index (Phi) is 5.73. The zero-order valence-electron chi connectivity index (χ0n) is 12.6. The van der Waals surface area contributed by atoms with E-state index >= 15 is 0 Å². The van der Waals surface area contributed by atoms with Crippen molar-refractivity contribution in [2.24, 2.45) is 0 Å². The Hall–Kier alpha value is -0.970. The second-order valence-corrected chi connectivity index (χ2v) is 7.92. The number of halogens is 1. The number of benzene rings is 1. The SMILES string of the molecule is CC(C)c1ccc(C(=O)CN(C)Cc2csc(Br)c2)cc1. The number of thiophene rings is 1. The van der Waals surface area contributed by atoms with Gasteiger partial charge in [0.05, 0.1) is 10.3 Å². The maximum Gasteiger partial charge on any atom is 0.176 e. The van der Waals surface area contributed by atoms with Crippen LogP contribution in [-0.4, -0.2) is 24.3 Å². The Balaban J connectivity index is 1.94. The van der Waals surface area contributed by atoms with Crippen LogP contribution in [0.25, 0.3) is 0 Å². The molecule has 0 fully saturated rings. The summed E-state index contributed by atoms with van der Waals surface area (Å²) in [5.41, 5.74) is 3.29. The maximum atomic E-state index is 12.3. The fraction of sp³-hybridized carbons (Fsp3) is 0.353. The molecule has 0 unspecified atom stereocenters. The van der Waals surface area contributed by atoms with Crippen LogP contribution in [0.5, 0.6) is 0 Å². The summed E-state index contributed by atoms with van der Waals surface area (Å²) in [6, 6.07) is 10.1. The van der Waals surface area contributed by atoms with Crippen molar-refractivity contribution in [3.63, 3.8) is 0 Å². The molecule has 2 nitrogen and oxygen atoms in total. The summed E-state index contributed by atoms with van der Waals surface area (Å²) in [6.45, 7) is 5.54. The van der Waals surface area contributed by atoms with Gasteiger partial charge in [-0.1, -0.05) is 38.1 Å². The molecule has 0 saturated carbocycles. The minimum absolute atomic E-state index is 0.169. The number of rotatable bonds is 6. The summed E-state index contributed by atoms with van der Waals surface area (Å²) in [5.74, 6) is 0.663. The molecular formula is C17H20BrNOS. The minimum atomic E-state index is 0.169. The predicted octanol–water partition coefficient (Wildman–Crippen LogP) is 4.95. The third-order valence-corrected chi connectivity index (χ3v) is 4.94. The molecule has 0 atom stereocenters. The van der Waals surface area contributed by atoms with Gasteiger partial charge in [0.2, 0.25) is 0 Å².